The van der Waals surface area contributed by atoms with Crippen LogP contribution in [0.25, 0.3) is 0 Å². The largest absolute Gasteiger partial charge is 0.497 e. The minimum Gasteiger partial charge on any atom is -0.497 e. The van der Waals surface area contributed by atoms with Gasteiger partial charge in [-0.25, -0.2) is 4.98 Å². The van der Waals surface area contributed by atoms with Gasteiger partial charge in [0.2, 0.25) is 0 Å². The van der Waals surface area contributed by atoms with Crippen molar-refractivity contribution in [2.45, 2.75) is 13.0 Å². The van der Waals surface area contributed by atoms with E-state index in [0.717, 1.165) is 22.8 Å². The molecule has 0 radical (unpaired) electrons. The minimum atomic E-state index is -0.0586. The number of pyridine rings is 1. The number of rotatable bonds is 4. The van der Waals surface area contributed by atoms with Crippen LogP contribution >= 0.6 is 0 Å². The first-order valence-electron chi connectivity index (χ1n) is 6.21. The zero-order chi connectivity index (χ0) is 13.8. The molecule has 0 aliphatic heterocycles. The molecule has 1 heterocycles. The third kappa shape index (κ3) is 2.85. The van der Waals surface area contributed by atoms with Crippen LogP contribution in [0.1, 0.15) is 18.5 Å². The molecule has 0 saturated carbocycles. The third-order valence-electron chi connectivity index (χ3n) is 3.07. The Morgan fingerprint density at radius 1 is 1.26 bits per heavy atom. The van der Waals surface area contributed by atoms with Crippen LogP contribution < -0.4 is 15.4 Å². The van der Waals surface area contributed by atoms with Crippen LogP contribution in [-0.2, 0) is 0 Å². The van der Waals surface area contributed by atoms with E-state index in [2.05, 4.69) is 4.98 Å². The highest BCUT2D eigenvalue weighted by Gasteiger charge is 2.13. The summed E-state index contributed by atoms with van der Waals surface area (Å²) in [4.78, 5) is 6.45. The highest BCUT2D eigenvalue weighted by Crippen LogP contribution is 2.29. The van der Waals surface area contributed by atoms with Gasteiger partial charge in [-0.2, -0.15) is 0 Å². The Morgan fingerprint density at radius 3 is 2.74 bits per heavy atom. The van der Waals surface area contributed by atoms with E-state index in [0.29, 0.717) is 0 Å². The molecule has 0 spiro atoms. The zero-order valence-corrected chi connectivity index (χ0v) is 11.5. The van der Waals surface area contributed by atoms with Crippen molar-refractivity contribution in [1.29, 1.82) is 0 Å². The number of benzene rings is 1. The Hall–Kier alpha value is -2.07. The van der Waals surface area contributed by atoms with Crippen LogP contribution in [0.5, 0.6) is 5.75 Å². The number of nitrogens with two attached hydrogens (primary N) is 1. The molecule has 2 rings (SSSR count). The van der Waals surface area contributed by atoms with Gasteiger partial charge in [-0.3, -0.25) is 0 Å². The van der Waals surface area contributed by atoms with Gasteiger partial charge < -0.3 is 15.4 Å². The lowest BCUT2D eigenvalue weighted by Gasteiger charge is -2.23. The van der Waals surface area contributed by atoms with Gasteiger partial charge in [-0.15, -0.1) is 0 Å². The summed E-state index contributed by atoms with van der Waals surface area (Å²) in [6, 6.07) is 11.7. The average Bonchev–Trinajstić information content (AvgIpc) is 2.46. The summed E-state index contributed by atoms with van der Waals surface area (Å²) in [5, 5.41) is 0. The molecule has 2 N–H and O–H groups in total. The fourth-order valence-corrected chi connectivity index (χ4v) is 1.99. The monoisotopic (exact) mass is 257 g/mol. The van der Waals surface area contributed by atoms with E-state index in [1.165, 1.54) is 0 Å². The van der Waals surface area contributed by atoms with E-state index in [4.69, 9.17) is 10.5 Å². The van der Waals surface area contributed by atoms with Crippen LogP contribution in [0, 0.1) is 0 Å². The molecule has 4 heteroatoms. The lowest BCUT2D eigenvalue weighted by atomic mass is 10.1. The van der Waals surface area contributed by atoms with E-state index in [1.54, 1.807) is 13.3 Å². The van der Waals surface area contributed by atoms with Crippen molar-refractivity contribution < 1.29 is 4.74 Å². The number of hydrogen-bond acceptors (Lipinski definition) is 4. The lowest BCUT2D eigenvalue weighted by Crippen LogP contribution is -2.17. The molecular formula is C15H19N3O. The summed E-state index contributed by atoms with van der Waals surface area (Å²) in [6.45, 7) is 1.96. The predicted molar refractivity (Wildman–Crippen MR) is 77.9 cm³/mol. The number of aromatic nitrogens is 1. The second kappa shape index (κ2) is 5.71. The van der Waals surface area contributed by atoms with Crippen molar-refractivity contribution in [1.82, 2.24) is 4.98 Å². The molecule has 1 atom stereocenters. The smallest absolute Gasteiger partial charge is 0.137 e. The Kier molecular flexibility index (Phi) is 4.02. The molecule has 0 bridgehead atoms. The molecule has 1 aromatic carbocycles. The first-order chi connectivity index (χ1) is 9.13. The molecule has 1 unspecified atom stereocenters. The normalized spacial score (nSPS) is 12.0. The summed E-state index contributed by atoms with van der Waals surface area (Å²) in [7, 11) is 3.64. The SMILES string of the molecule is COc1cccc(N(C)c2ncccc2C(C)N)c1. The highest BCUT2D eigenvalue weighted by molar-refractivity contribution is 5.63. The van der Waals surface area contributed by atoms with Crippen molar-refractivity contribution in [2.75, 3.05) is 19.1 Å². The standard InChI is InChI=1S/C15H19N3O/c1-11(16)14-8-5-9-17-15(14)18(2)12-6-4-7-13(10-12)19-3/h4-11H,16H2,1-3H3. The van der Waals surface area contributed by atoms with Gasteiger partial charge in [0, 0.05) is 36.6 Å². The highest BCUT2D eigenvalue weighted by atomic mass is 16.5. The van der Waals surface area contributed by atoms with Gasteiger partial charge in [0.05, 0.1) is 7.11 Å². The van der Waals surface area contributed by atoms with Crippen molar-refractivity contribution in [3.63, 3.8) is 0 Å². The first kappa shape index (κ1) is 13.4. The molecule has 4 nitrogen and oxygen atoms in total. The van der Waals surface area contributed by atoms with Gasteiger partial charge in [-0.05, 0) is 25.1 Å². The molecule has 19 heavy (non-hydrogen) atoms. The molecule has 2 aromatic rings. The molecule has 0 saturated heterocycles. The Morgan fingerprint density at radius 2 is 2.05 bits per heavy atom. The van der Waals surface area contributed by atoms with Gasteiger partial charge in [0.15, 0.2) is 0 Å². The van der Waals surface area contributed by atoms with E-state index in [1.807, 2.05) is 55.3 Å². The lowest BCUT2D eigenvalue weighted by molar-refractivity contribution is 0.415. The van der Waals surface area contributed by atoms with Gasteiger partial charge in [0.1, 0.15) is 11.6 Å². The van der Waals surface area contributed by atoms with Crippen molar-refractivity contribution in [3.05, 3.63) is 48.2 Å². The maximum Gasteiger partial charge on any atom is 0.137 e. The summed E-state index contributed by atoms with van der Waals surface area (Å²) in [5.74, 6) is 1.69. The van der Waals surface area contributed by atoms with Crippen LogP contribution in [0.4, 0.5) is 11.5 Å². The van der Waals surface area contributed by atoms with Crippen LogP contribution in [0.3, 0.4) is 0 Å². The maximum atomic E-state index is 6.00. The van der Waals surface area contributed by atoms with E-state index < -0.39 is 0 Å². The van der Waals surface area contributed by atoms with Crippen molar-refractivity contribution in [3.8, 4) is 5.75 Å². The quantitative estimate of drug-likeness (QED) is 0.915. The topological polar surface area (TPSA) is 51.4 Å². The fourth-order valence-electron chi connectivity index (χ4n) is 1.99. The van der Waals surface area contributed by atoms with Crippen molar-refractivity contribution >= 4 is 11.5 Å². The molecule has 100 valence electrons. The Bertz CT molecular complexity index is 555. The first-order valence-corrected chi connectivity index (χ1v) is 6.21. The average molecular weight is 257 g/mol. The van der Waals surface area contributed by atoms with Crippen LogP contribution in [0.15, 0.2) is 42.6 Å². The predicted octanol–water partition coefficient (Wildman–Crippen LogP) is 2.88. The summed E-state index contributed by atoms with van der Waals surface area (Å²) < 4.78 is 5.25. The molecule has 1 aromatic heterocycles. The van der Waals surface area contributed by atoms with E-state index in [9.17, 15) is 0 Å². The van der Waals surface area contributed by atoms with Gasteiger partial charge in [-0.1, -0.05) is 12.1 Å². The number of hydrogen-bond donors (Lipinski definition) is 1. The van der Waals surface area contributed by atoms with E-state index >= 15 is 0 Å². The number of methoxy groups -OCH3 is 1. The number of nitrogens with zero attached hydrogens (tertiary/aromatic N) is 2. The molecule has 0 aliphatic carbocycles. The van der Waals surface area contributed by atoms with Gasteiger partial charge in [0.25, 0.3) is 0 Å². The second-order valence-corrected chi connectivity index (χ2v) is 4.47. The summed E-state index contributed by atoms with van der Waals surface area (Å²) >= 11 is 0. The van der Waals surface area contributed by atoms with Gasteiger partial charge >= 0.3 is 0 Å². The number of ether oxygens (including phenoxy) is 1. The van der Waals surface area contributed by atoms with E-state index in [-0.39, 0.29) is 6.04 Å². The van der Waals surface area contributed by atoms with Crippen LogP contribution in [-0.4, -0.2) is 19.1 Å². The maximum absolute atomic E-state index is 6.00. The molecule has 0 fully saturated rings. The molecule has 0 amide bonds. The van der Waals surface area contributed by atoms with Crippen molar-refractivity contribution in [2.24, 2.45) is 5.73 Å². The zero-order valence-electron chi connectivity index (χ0n) is 11.5. The molecular weight excluding hydrogens is 238 g/mol. The Labute approximate surface area is 113 Å². The Balaban J connectivity index is 2.40. The second-order valence-electron chi connectivity index (χ2n) is 4.47. The molecule has 0 aliphatic rings. The fraction of sp³-hybridized carbons (Fsp3) is 0.267. The summed E-state index contributed by atoms with van der Waals surface area (Å²) in [5.41, 5.74) is 8.03. The number of anilines is 2. The minimum absolute atomic E-state index is 0.0586. The summed E-state index contributed by atoms with van der Waals surface area (Å²) in [6.07, 6.45) is 1.78. The van der Waals surface area contributed by atoms with Crippen LogP contribution in [0.2, 0.25) is 0 Å². The third-order valence-corrected chi connectivity index (χ3v) is 3.07.